The van der Waals surface area contributed by atoms with Crippen LogP contribution >= 0.6 is 24.0 Å². The minimum absolute atomic E-state index is 0. The average molecular weight is 469 g/mol. The summed E-state index contributed by atoms with van der Waals surface area (Å²) >= 11 is 0. The number of hydrogen-bond acceptors (Lipinski definition) is 2. The van der Waals surface area contributed by atoms with Gasteiger partial charge in [0.1, 0.15) is 0 Å². The molecule has 1 aromatic carbocycles. The maximum atomic E-state index is 4.73. The summed E-state index contributed by atoms with van der Waals surface area (Å²) in [6.45, 7) is 12.0. The zero-order chi connectivity index (χ0) is 18.1. The molecule has 0 aliphatic heterocycles. The Labute approximate surface area is 174 Å². The Morgan fingerprint density at radius 3 is 2.69 bits per heavy atom. The predicted octanol–water partition coefficient (Wildman–Crippen LogP) is 3.80. The number of halogens is 1. The minimum Gasteiger partial charge on any atom is -0.357 e. The molecular weight excluding hydrogens is 437 g/mol. The third-order valence-corrected chi connectivity index (χ3v) is 4.15. The van der Waals surface area contributed by atoms with Gasteiger partial charge in [0, 0.05) is 38.6 Å². The van der Waals surface area contributed by atoms with E-state index in [1.165, 1.54) is 11.1 Å². The van der Waals surface area contributed by atoms with E-state index >= 15 is 0 Å². The number of hydrogen-bond donors (Lipinski definition) is 2. The molecule has 0 bridgehead atoms. The van der Waals surface area contributed by atoms with Crippen LogP contribution in [0.15, 0.2) is 47.7 Å². The summed E-state index contributed by atoms with van der Waals surface area (Å²) in [4.78, 5) is 4.73. The van der Waals surface area contributed by atoms with Gasteiger partial charge in [-0.2, -0.15) is 5.10 Å². The molecule has 6 heteroatoms. The standard InChI is InChI=1S/C20H31N5.HI/c1-5-21-20(22-13-17(3)15-25-11-7-10-24-25)23-14-18(4)19-9-6-8-16(2)12-19;/h6-12,17-18H,5,13-15H2,1-4H3,(H2,21,22,23);1H. The fraction of sp³-hybridized carbons (Fsp3) is 0.500. The summed E-state index contributed by atoms with van der Waals surface area (Å²) in [5.41, 5.74) is 2.66. The smallest absolute Gasteiger partial charge is 0.191 e. The van der Waals surface area contributed by atoms with Gasteiger partial charge < -0.3 is 10.6 Å². The summed E-state index contributed by atoms with van der Waals surface area (Å²) in [7, 11) is 0. The Morgan fingerprint density at radius 2 is 2.04 bits per heavy atom. The van der Waals surface area contributed by atoms with E-state index < -0.39 is 0 Å². The lowest BCUT2D eigenvalue weighted by atomic mass is 9.99. The first-order valence-electron chi connectivity index (χ1n) is 9.14. The van der Waals surface area contributed by atoms with Crippen molar-refractivity contribution in [1.29, 1.82) is 0 Å². The quantitative estimate of drug-likeness (QED) is 0.351. The van der Waals surface area contributed by atoms with Crippen LogP contribution in [0.2, 0.25) is 0 Å². The molecule has 0 amide bonds. The van der Waals surface area contributed by atoms with Crippen LogP contribution in [-0.2, 0) is 6.54 Å². The summed E-state index contributed by atoms with van der Waals surface area (Å²) in [6, 6.07) is 10.7. The molecule has 2 N–H and O–H groups in total. The highest BCUT2D eigenvalue weighted by Gasteiger charge is 2.08. The van der Waals surface area contributed by atoms with Crippen molar-refractivity contribution in [1.82, 2.24) is 20.4 Å². The molecule has 0 saturated carbocycles. The highest BCUT2D eigenvalue weighted by Crippen LogP contribution is 2.15. The zero-order valence-electron chi connectivity index (χ0n) is 16.3. The molecule has 0 saturated heterocycles. The normalized spacial score (nSPS) is 13.6. The summed E-state index contributed by atoms with van der Waals surface area (Å²) in [5.74, 6) is 1.75. The number of aliphatic imine (C=N–C) groups is 1. The number of nitrogens with one attached hydrogen (secondary N) is 2. The van der Waals surface area contributed by atoms with E-state index in [1.807, 2.05) is 23.1 Å². The van der Waals surface area contributed by atoms with Crippen LogP contribution in [0, 0.1) is 12.8 Å². The van der Waals surface area contributed by atoms with E-state index in [-0.39, 0.29) is 24.0 Å². The van der Waals surface area contributed by atoms with Crippen molar-refractivity contribution in [2.45, 2.75) is 40.2 Å². The number of benzene rings is 1. The van der Waals surface area contributed by atoms with Gasteiger partial charge in [0.2, 0.25) is 0 Å². The van der Waals surface area contributed by atoms with Gasteiger partial charge in [0.25, 0.3) is 0 Å². The summed E-state index contributed by atoms with van der Waals surface area (Å²) in [6.07, 6.45) is 3.81. The van der Waals surface area contributed by atoms with Crippen LogP contribution in [0.1, 0.15) is 37.8 Å². The van der Waals surface area contributed by atoms with E-state index in [0.717, 1.165) is 32.1 Å². The topological polar surface area (TPSA) is 54.2 Å². The van der Waals surface area contributed by atoms with E-state index in [0.29, 0.717) is 11.8 Å². The average Bonchev–Trinajstić information content (AvgIpc) is 3.10. The number of nitrogens with zero attached hydrogens (tertiary/aromatic N) is 3. The molecule has 5 nitrogen and oxygen atoms in total. The van der Waals surface area contributed by atoms with Gasteiger partial charge in [0.15, 0.2) is 5.96 Å². The predicted molar refractivity (Wildman–Crippen MR) is 120 cm³/mol. The Kier molecular flexibility index (Phi) is 10.3. The molecule has 0 aliphatic rings. The largest absolute Gasteiger partial charge is 0.357 e. The second-order valence-corrected chi connectivity index (χ2v) is 6.75. The Morgan fingerprint density at radius 1 is 1.23 bits per heavy atom. The molecule has 0 fully saturated rings. The Balaban J connectivity index is 0.00000338. The van der Waals surface area contributed by atoms with E-state index in [2.05, 4.69) is 67.7 Å². The molecule has 2 rings (SSSR count). The molecule has 0 spiro atoms. The number of rotatable bonds is 8. The molecule has 2 aromatic rings. The van der Waals surface area contributed by atoms with Gasteiger partial charge >= 0.3 is 0 Å². The Bertz CT molecular complexity index is 654. The SMILES string of the molecule is CCNC(=NCC(C)Cn1cccn1)NCC(C)c1cccc(C)c1.I. The van der Waals surface area contributed by atoms with Crippen LogP contribution in [0.25, 0.3) is 0 Å². The van der Waals surface area contributed by atoms with Gasteiger partial charge in [-0.1, -0.05) is 43.7 Å². The molecular formula is C20H32IN5. The molecule has 0 radical (unpaired) electrons. The third-order valence-electron chi connectivity index (χ3n) is 4.15. The minimum atomic E-state index is 0. The number of guanidine groups is 1. The molecule has 26 heavy (non-hydrogen) atoms. The lowest BCUT2D eigenvalue weighted by Crippen LogP contribution is -2.39. The van der Waals surface area contributed by atoms with Gasteiger partial charge in [-0.25, -0.2) is 0 Å². The third kappa shape index (κ3) is 7.76. The second kappa shape index (κ2) is 11.9. The number of aryl methyl sites for hydroxylation is 1. The summed E-state index contributed by atoms with van der Waals surface area (Å²) in [5, 5.41) is 11.1. The van der Waals surface area contributed by atoms with E-state index in [4.69, 9.17) is 4.99 Å². The first kappa shape index (κ1) is 22.5. The number of aromatic nitrogens is 2. The molecule has 0 aliphatic carbocycles. The van der Waals surface area contributed by atoms with Crippen molar-refractivity contribution < 1.29 is 0 Å². The maximum absolute atomic E-state index is 4.73. The van der Waals surface area contributed by atoms with Crippen LogP contribution < -0.4 is 10.6 Å². The van der Waals surface area contributed by atoms with Gasteiger partial charge in [-0.05, 0) is 37.3 Å². The Hall–Kier alpha value is -1.57. The lowest BCUT2D eigenvalue weighted by Gasteiger charge is -2.17. The van der Waals surface area contributed by atoms with Crippen molar-refractivity contribution in [3.05, 3.63) is 53.9 Å². The van der Waals surface area contributed by atoms with Crippen LogP contribution in [0.5, 0.6) is 0 Å². The molecule has 2 atom stereocenters. The van der Waals surface area contributed by atoms with E-state index in [9.17, 15) is 0 Å². The van der Waals surface area contributed by atoms with Crippen molar-refractivity contribution in [2.75, 3.05) is 19.6 Å². The maximum Gasteiger partial charge on any atom is 0.191 e. The lowest BCUT2D eigenvalue weighted by molar-refractivity contribution is 0.458. The first-order valence-corrected chi connectivity index (χ1v) is 9.14. The zero-order valence-corrected chi connectivity index (χ0v) is 18.6. The molecule has 1 aromatic heterocycles. The highest BCUT2D eigenvalue weighted by atomic mass is 127. The monoisotopic (exact) mass is 469 g/mol. The van der Waals surface area contributed by atoms with Gasteiger partial charge in [-0.3, -0.25) is 9.67 Å². The fourth-order valence-corrected chi connectivity index (χ4v) is 2.72. The van der Waals surface area contributed by atoms with Crippen molar-refractivity contribution in [3.63, 3.8) is 0 Å². The molecule has 2 unspecified atom stereocenters. The summed E-state index contributed by atoms with van der Waals surface area (Å²) < 4.78 is 1.96. The fourth-order valence-electron chi connectivity index (χ4n) is 2.72. The van der Waals surface area contributed by atoms with Crippen LogP contribution in [0.4, 0.5) is 0 Å². The second-order valence-electron chi connectivity index (χ2n) is 6.75. The van der Waals surface area contributed by atoms with Gasteiger partial charge in [0.05, 0.1) is 0 Å². The van der Waals surface area contributed by atoms with Crippen molar-refractivity contribution in [3.8, 4) is 0 Å². The van der Waals surface area contributed by atoms with Crippen molar-refractivity contribution >= 4 is 29.9 Å². The molecule has 144 valence electrons. The molecule has 1 heterocycles. The van der Waals surface area contributed by atoms with Crippen LogP contribution in [0.3, 0.4) is 0 Å². The first-order chi connectivity index (χ1) is 12.1. The van der Waals surface area contributed by atoms with Crippen LogP contribution in [-0.4, -0.2) is 35.4 Å². The van der Waals surface area contributed by atoms with Crippen molar-refractivity contribution in [2.24, 2.45) is 10.9 Å². The van der Waals surface area contributed by atoms with E-state index in [1.54, 1.807) is 0 Å². The highest BCUT2D eigenvalue weighted by molar-refractivity contribution is 14.0. The van der Waals surface area contributed by atoms with Gasteiger partial charge in [-0.15, -0.1) is 24.0 Å².